The van der Waals surface area contributed by atoms with Gasteiger partial charge < -0.3 is 5.32 Å². The van der Waals surface area contributed by atoms with Crippen molar-refractivity contribution >= 4 is 5.69 Å². The fourth-order valence-corrected chi connectivity index (χ4v) is 1.14. The SMILES string of the molecule is C[C@@H](CCN=O)Nc1ccccc1. The van der Waals surface area contributed by atoms with E-state index in [0.29, 0.717) is 12.6 Å². The number of nitrogens with one attached hydrogen (secondary N) is 1. The molecule has 0 unspecified atom stereocenters. The third-order valence-electron chi connectivity index (χ3n) is 1.84. The average Bonchev–Trinajstić information content (AvgIpc) is 2.16. The van der Waals surface area contributed by atoms with Gasteiger partial charge >= 0.3 is 0 Å². The van der Waals surface area contributed by atoms with Gasteiger partial charge in [0.15, 0.2) is 0 Å². The van der Waals surface area contributed by atoms with Gasteiger partial charge in [-0.05, 0) is 25.5 Å². The van der Waals surface area contributed by atoms with Gasteiger partial charge in [0.2, 0.25) is 0 Å². The van der Waals surface area contributed by atoms with Crippen LogP contribution in [-0.2, 0) is 0 Å². The maximum absolute atomic E-state index is 9.88. The topological polar surface area (TPSA) is 41.5 Å². The number of rotatable bonds is 5. The Balaban J connectivity index is 2.36. The number of para-hydroxylation sites is 1. The van der Waals surface area contributed by atoms with Crippen LogP contribution in [0.3, 0.4) is 0 Å². The minimum absolute atomic E-state index is 0.292. The standard InChI is InChI=1S/C10H14N2O/c1-9(7-8-11-13)12-10-5-3-2-4-6-10/h2-6,9,12H,7-8H2,1H3/t9-/m0/s1. The van der Waals surface area contributed by atoms with Crippen molar-refractivity contribution < 1.29 is 0 Å². The van der Waals surface area contributed by atoms with Crippen molar-refractivity contribution in [3.05, 3.63) is 35.2 Å². The van der Waals surface area contributed by atoms with Crippen LogP contribution in [0.1, 0.15) is 13.3 Å². The molecule has 1 atom stereocenters. The van der Waals surface area contributed by atoms with Gasteiger partial charge in [-0.1, -0.05) is 23.4 Å². The summed E-state index contributed by atoms with van der Waals surface area (Å²) in [4.78, 5) is 9.88. The molecule has 0 aliphatic carbocycles. The third kappa shape index (κ3) is 3.69. The second-order valence-electron chi connectivity index (χ2n) is 3.05. The molecule has 1 aromatic carbocycles. The summed E-state index contributed by atoms with van der Waals surface area (Å²) in [7, 11) is 0. The molecular weight excluding hydrogens is 164 g/mol. The fourth-order valence-electron chi connectivity index (χ4n) is 1.14. The Morgan fingerprint density at radius 3 is 2.69 bits per heavy atom. The lowest BCUT2D eigenvalue weighted by Gasteiger charge is -2.12. The van der Waals surface area contributed by atoms with E-state index in [4.69, 9.17) is 0 Å². The number of nitrogens with zero attached hydrogens (tertiary/aromatic N) is 1. The van der Waals surface area contributed by atoms with Crippen LogP contribution in [0.15, 0.2) is 35.5 Å². The molecule has 0 heterocycles. The zero-order valence-corrected chi connectivity index (χ0v) is 7.73. The molecule has 3 nitrogen and oxygen atoms in total. The minimum atomic E-state index is 0.292. The van der Waals surface area contributed by atoms with Crippen LogP contribution in [0.4, 0.5) is 5.69 Å². The first-order chi connectivity index (χ1) is 6.33. The van der Waals surface area contributed by atoms with E-state index in [1.807, 2.05) is 37.3 Å². The number of anilines is 1. The van der Waals surface area contributed by atoms with Gasteiger partial charge in [-0.25, -0.2) is 0 Å². The molecule has 0 spiro atoms. The second kappa shape index (κ2) is 5.30. The van der Waals surface area contributed by atoms with E-state index in [2.05, 4.69) is 10.5 Å². The second-order valence-corrected chi connectivity index (χ2v) is 3.05. The monoisotopic (exact) mass is 178 g/mol. The highest BCUT2D eigenvalue weighted by Gasteiger charge is 2.00. The maximum Gasteiger partial charge on any atom is 0.0830 e. The highest BCUT2D eigenvalue weighted by atomic mass is 16.3. The average molecular weight is 178 g/mol. The molecule has 3 heteroatoms. The zero-order chi connectivity index (χ0) is 9.52. The highest BCUT2D eigenvalue weighted by Crippen LogP contribution is 2.08. The predicted octanol–water partition coefficient (Wildman–Crippen LogP) is 2.64. The Morgan fingerprint density at radius 1 is 1.38 bits per heavy atom. The first-order valence-corrected chi connectivity index (χ1v) is 4.43. The molecule has 1 rings (SSSR count). The minimum Gasteiger partial charge on any atom is -0.383 e. The van der Waals surface area contributed by atoms with Crippen LogP contribution in [0.2, 0.25) is 0 Å². The summed E-state index contributed by atoms with van der Waals surface area (Å²) < 4.78 is 0. The van der Waals surface area contributed by atoms with Crippen molar-refractivity contribution in [1.82, 2.24) is 0 Å². The van der Waals surface area contributed by atoms with Crippen molar-refractivity contribution in [3.63, 3.8) is 0 Å². The number of nitroso groups, excluding NO2 is 1. The summed E-state index contributed by atoms with van der Waals surface area (Å²) in [6.07, 6.45) is 0.776. The highest BCUT2D eigenvalue weighted by molar-refractivity contribution is 5.43. The van der Waals surface area contributed by atoms with Gasteiger partial charge in [0.1, 0.15) is 0 Å². The van der Waals surface area contributed by atoms with E-state index >= 15 is 0 Å². The van der Waals surface area contributed by atoms with Gasteiger partial charge in [-0.15, -0.1) is 0 Å². The van der Waals surface area contributed by atoms with E-state index in [1.165, 1.54) is 0 Å². The molecule has 0 radical (unpaired) electrons. The van der Waals surface area contributed by atoms with Crippen molar-refractivity contribution in [1.29, 1.82) is 0 Å². The zero-order valence-electron chi connectivity index (χ0n) is 7.73. The Kier molecular flexibility index (Phi) is 3.96. The van der Waals surface area contributed by atoms with E-state index in [-0.39, 0.29) is 0 Å². The first kappa shape index (κ1) is 9.71. The van der Waals surface area contributed by atoms with Crippen molar-refractivity contribution in [3.8, 4) is 0 Å². The van der Waals surface area contributed by atoms with Gasteiger partial charge in [0.05, 0.1) is 6.54 Å². The lowest BCUT2D eigenvalue weighted by Crippen LogP contribution is -2.15. The Hall–Kier alpha value is -1.38. The molecule has 13 heavy (non-hydrogen) atoms. The van der Waals surface area contributed by atoms with E-state index in [9.17, 15) is 4.91 Å². The lowest BCUT2D eigenvalue weighted by molar-refractivity contribution is 0.715. The largest absolute Gasteiger partial charge is 0.383 e. The molecule has 0 aromatic heterocycles. The molecule has 70 valence electrons. The first-order valence-electron chi connectivity index (χ1n) is 4.43. The Bertz CT molecular complexity index is 248. The lowest BCUT2D eigenvalue weighted by atomic mass is 10.2. The normalized spacial score (nSPS) is 12.1. The fraction of sp³-hybridized carbons (Fsp3) is 0.400. The summed E-state index contributed by atoms with van der Waals surface area (Å²) >= 11 is 0. The van der Waals surface area contributed by atoms with Crippen LogP contribution in [-0.4, -0.2) is 12.6 Å². The molecule has 0 bridgehead atoms. The maximum atomic E-state index is 9.88. The molecule has 0 saturated carbocycles. The van der Waals surface area contributed by atoms with E-state index in [1.54, 1.807) is 0 Å². The van der Waals surface area contributed by atoms with Crippen LogP contribution in [0.25, 0.3) is 0 Å². The molecule has 1 aromatic rings. The van der Waals surface area contributed by atoms with Crippen molar-refractivity contribution in [2.45, 2.75) is 19.4 Å². The summed E-state index contributed by atoms with van der Waals surface area (Å²) in [6, 6.07) is 10.2. The van der Waals surface area contributed by atoms with Crippen LogP contribution in [0.5, 0.6) is 0 Å². The Labute approximate surface area is 78.1 Å². The van der Waals surface area contributed by atoms with Crippen LogP contribution >= 0.6 is 0 Å². The summed E-state index contributed by atoms with van der Waals surface area (Å²) in [5.41, 5.74) is 1.08. The smallest absolute Gasteiger partial charge is 0.0830 e. The number of hydrogen-bond acceptors (Lipinski definition) is 3. The Morgan fingerprint density at radius 2 is 2.08 bits per heavy atom. The van der Waals surface area contributed by atoms with Crippen LogP contribution in [0, 0.1) is 4.91 Å². The third-order valence-corrected chi connectivity index (χ3v) is 1.84. The van der Waals surface area contributed by atoms with Crippen LogP contribution < -0.4 is 5.32 Å². The van der Waals surface area contributed by atoms with Crippen molar-refractivity contribution in [2.24, 2.45) is 5.18 Å². The summed E-state index contributed by atoms with van der Waals surface area (Å²) in [5.74, 6) is 0. The number of hydrogen-bond donors (Lipinski definition) is 1. The molecule has 1 N–H and O–H groups in total. The molecule has 0 amide bonds. The van der Waals surface area contributed by atoms with Gasteiger partial charge in [-0.3, -0.25) is 0 Å². The molecule has 0 saturated heterocycles. The summed E-state index contributed by atoms with van der Waals surface area (Å²) in [5, 5.41) is 6.11. The molecule has 0 aliphatic heterocycles. The van der Waals surface area contributed by atoms with Gasteiger partial charge in [0.25, 0.3) is 0 Å². The van der Waals surface area contributed by atoms with Gasteiger partial charge in [-0.2, -0.15) is 4.91 Å². The molecule has 0 aliphatic rings. The van der Waals surface area contributed by atoms with Crippen molar-refractivity contribution in [2.75, 3.05) is 11.9 Å². The van der Waals surface area contributed by atoms with E-state index in [0.717, 1.165) is 12.1 Å². The summed E-state index contributed by atoms with van der Waals surface area (Å²) in [6.45, 7) is 2.42. The molecule has 0 fully saturated rings. The van der Waals surface area contributed by atoms with Gasteiger partial charge in [0, 0.05) is 11.7 Å². The van der Waals surface area contributed by atoms with E-state index < -0.39 is 0 Å². The number of benzene rings is 1. The molecular formula is C10H14N2O. The quantitative estimate of drug-likeness (QED) is 0.704. The predicted molar refractivity (Wildman–Crippen MR) is 54.8 cm³/mol.